The van der Waals surface area contributed by atoms with Gasteiger partial charge in [-0.1, -0.05) is 11.6 Å². The molecule has 1 aromatic carbocycles. The van der Waals surface area contributed by atoms with Crippen LogP contribution in [0, 0.1) is 0 Å². The van der Waals surface area contributed by atoms with Crippen molar-refractivity contribution in [3.8, 4) is 0 Å². The molecule has 0 amide bonds. The molecule has 0 bridgehead atoms. The predicted octanol–water partition coefficient (Wildman–Crippen LogP) is 2.88. The summed E-state index contributed by atoms with van der Waals surface area (Å²) in [5, 5.41) is 0.187. The molecule has 8 heteroatoms. The van der Waals surface area contributed by atoms with Crippen molar-refractivity contribution in [3.63, 3.8) is 0 Å². The molecule has 0 unspecified atom stereocenters. The summed E-state index contributed by atoms with van der Waals surface area (Å²) in [4.78, 5) is 3.96. The number of nitrogens with two attached hydrogens (primary N) is 1. The number of nitrogen functional groups attached to an aromatic ring is 1. The van der Waals surface area contributed by atoms with Crippen LogP contribution in [-0.2, 0) is 10.0 Å². The molecule has 0 aliphatic carbocycles. The van der Waals surface area contributed by atoms with Crippen LogP contribution in [0.3, 0.4) is 0 Å². The van der Waals surface area contributed by atoms with Gasteiger partial charge in [-0.2, -0.15) is 0 Å². The van der Waals surface area contributed by atoms with Crippen molar-refractivity contribution >= 4 is 49.1 Å². The first-order valence-electron chi connectivity index (χ1n) is 5.08. The molecular weight excluding hydrogens is 354 g/mol. The van der Waals surface area contributed by atoms with Crippen LogP contribution in [0.15, 0.2) is 45.9 Å². The van der Waals surface area contributed by atoms with Gasteiger partial charge in [0.2, 0.25) is 0 Å². The molecule has 2 aromatic rings. The Bertz CT molecular complexity index is 704. The first-order valence-corrected chi connectivity index (χ1v) is 7.73. The quantitative estimate of drug-likeness (QED) is 0.822. The van der Waals surface area contributed by atoms with Gasteiger partial charge in [-0.15, -0.1) is 0 Å². The van der Waals surface area contributed by atoms with Crippen LogP contribution < -0.4 is 10.5 Å². The third kappa shape index (κ3) is 3.37. The van der Waals surface area contributed by atoms with E-state index in [9.17, 15) is 8.42 Å². The molecule has 2 rings (SSSR count). The summed E-state index contributed by atoms with van der Waals surface area (Å²) in [6.07, 6.45) is 1.49. The van der Waals surface area contributed by atoms with Gasteiger partial charge in [0.05, 0.1) is 15.6 Å². The number of hydrogen-bond acceptors (Lipinski definition) is 4. The molecule has 0 radical (unpaired) electrons. The van der Waals surface area contributed by atoms with E-state index < -0.39 is 10.0 Å². The Kier molecular flexibility index (Phi) is 3.98. The first kappa shape index (κ1) is 14.1. The lowest BCUT2D eigenvalue weighted by Gasteiger charge is -2.08. The van der Waals surface area contributed by atoms with Gasteiger partial charge in [0.25, 0.3) is 10.0 Å². The molecule has 100 valence electrons. The van der Waals surface area contributed by atoms with Crippen LogP contribution in [0.5, 0.6) is 0 Å². The fourth-order valence-electron chi connectivity index (χ4n) is 1.31. The smallest absolute Gasteiger partial charge is 0.263 e. The van der Waals surface area contributed by atoms with Crippen LogP contribution in [0.25, 0.3) is 0 Å². The maximum Gasteiger partial charge on any atom is 0.263 e. The number of hydrogen-bond donors (Lipinski definition) is 2. The maximum absolute atomic E-state index is 12.1. The highest BCUT2D eigenvalue weighted by Crippen LogP contribution is 2.23. The van der Waals surface area contributed by atoms with Gasteiger partial charge >= 0.3 is 0 Å². The van der Waals surface area contributed by atoms with Gasteiger partial charge in [-0.3, -0.25) is 4.72 Å². The van der Waals surface area contributed by atoms with Crippen molar-refractivity contribution in [2.24, 2.45) is 0 Å². The van der Waals surface area contributed by atoms with Gasteiger partial charge in [-0.05, 0) is 46.3 Å². The molecule has 0 saturated heterocycles. The second-order valence-electron chi connectivity index (χ2n) is 3.65. The molecule has 1 aromatic heterocycles. The topological polar surface area (TPSA) is 85.1 Å². The third-order valence-electron chi connectivity index (χ3n) is 2.25. The van der Waals surface area contributed by atoms with Crippen LogP contribution in [0.1, 0.15) is 0 Å². The zero-order chi connectivity index (χ0) is 14.0. The zero-order valence-corrected chi connectivity index (χ0v) is 12.6. The third-order valence-corrected chi connectivity index (χ3v) is 4.40. The van der Waals surface area contributed by atoms with Crippen LogP contribution >= 0.6 is 27.5 Å². The molecule has 0 saturated carbocycles. The Balaban J connectivity index is 2.32. The Morgan fingerprint density at radius 3 is 2.58 bits per heavy atom. The van der Waals surface area contributed by atoms with E-state index in [1.165, 1.54) is 24.4 Å². The lowest BCUT2D eigenvalue weighted by atomic mass is 10.3. The Labute approximate surface area is 124 Å². The summed E-state index contributed by atoms with van der Waals surface area (Å²) >= 11 is 9.02. The highest BCUT2D eigenvalue weighted by atomic mass is 79.9. The monoisotopic (exact) mass is 361 g/mol. The number of nitrogens with one attached hydrogen (secondary N) is 1. The average Bonchev–Trinajstić information content (AvgIpc) is 2.35. The highest BCUT2D eigenvalue weighted by Gasteiger charge is 2.15. The van der Waals surface area contributed by atoms with E-state index in [2.05, 4.69) is 25.6 Å². The number of halogens is 2. The number of benzene rings is 1. The van der Waals surface area contributed by atoms with Crippen molar-refractivity contribution in [3.05, 3.63) is 46.0 Å². The number of rotatable bonds is 3. The Morgan fingerprint density at radius 1 is 1.26 bits per heavy atom. The van der Waals surface area contributed by atoms with E-state index in [-0.39, 0.29) is 15.7 Å². The maximum atomic E-state index is 12.1. The zero-order valence-electron chi connectivity index (χ0n) is 9.47. The van der Waals surface area contributed by atoms with E-state index in [0.717, 1.165) is 4.47 Å². The fraction of sp³-hybridized carbons (Fsp3) is 0. The summed E-state index contributed by atoms with van der Waals surface area (Å²) in [5.41, 5.74) is 5.86. The van der Waals surface area contributed by atoms with E-state index in [0.29, 0.717) is 5.69 Å². The SMILES string of the molecule is Nc1ccc(S(=O)(=O)Nc2ccc(Br)cn2)cc1Cl. The Hall–Kier alpha value is -1.31. The largest absolute Gasteiger partial charge is 0.398 e. The summed E-state index contributed by atoms with van der Waals surface area (Å²) in [7, 11) is -3.73. The second kappa shape index (κ2) is 5.36. The lowest BCUT2D eigenvalue weighted by Crippen LogP contribution is -2.14. The number of aromatic nitrogens is 1. The molecule has 0 atom stereocenters. The van der Waals surface area contributed by atoms with E-state index >= 15 is 0 Å². The lowest BCUT2D eigenvalue weighted by molar-refractivity contribution is 0.601. The van der Waals surface area contributed by atoms with E-state index in [1.807, 2.05) is 0 Å². The van der Waals surface area contributed by atoms with Crippen LogP contribution in [-0.4, -0.2) is 13.4 Å². The second-order valence-corrected chi connectivity index (χ2v) is 6.66. The minimum Gasteiger partial charge on any atom is -0.398 e. The van der Waals surface area contributed by atoms with Gasteiger partial charge in [0.15, 0.2) is 0 Å². The van der Waals surface area contributed by atoms with Crippen LogP contribution in [0.4, 0.5) is 11.5 Å². The van der Waals surface area contributed by atoms with Crippen molar-refractivity contribution in [2.75, 3.05) is 10.5 Å². The molecule has 0 aliphatic rings. The van der Waals surface area contributed by atoms with Crippen molar-refractivity contribution < 1.29 is 8.42 Å². The molecular formula is C11H9BrClN3O2S. The summed E-state index contributed by atoms with van der Waals surface area (Å²) in [6, 6.07) is 7.33. The molecule has 0 aliphatic heterocycles. The van der Waals surface area contributed by atoms with Crippen molar-refractivity contribution in [1.29, 1.82) is 0 Å². The normalized spacial score (nSPS) is 11.3. The van der Waals surface area contributed by atoms with Gasteiger partial charge in [-0.25, -0.2) is 13.4 Å². The van der Waals surface area contributed by atoms with Gasteiger partial charge in [0.1, 0.15) is 5.82 Å². The number of anilines is 2. The molecule has 19 heavy (non-hydrogen) atoms. The van der Waals surface area contributed by atoms with Crippen molar-refractivity contribution in [2.45, 2.75) is 4.90 Å². The minimum absolute atomic E-state index is 0.0245. The van der Waals surface area contributed by atoms with Crippen LogP contribution in [0.2, 0.25) is 5.02 Å². The molecule has 5 nitrogen and oxygen atoms in total. The molecule has 1 heterocycles. The van der Waals surface area contributed by atoms with Gasteiger partial charge in [0, 0.05) is 10.7 Å². The molecule has 3 N–H and O–H groups in total. The van der Waals surface area contributed by atoms with Crippen molar-refractivity contribution in [1.82, 2.24) is 4.98 Å². The highest BCUT2D eigenvalue weighted by molar-refractivity contribution is 9.10. The molecule has 0 spiro atoms. The Morgan fingerprint density at radius 2 is 2.00 bits per heavy atom. The average molecular weight is 363 g/mol. The predicted molar refractivity (Wildman–Crippen MR) is 78.6 cm³/mol. The molecule has 0 fully saturated rings. The minimum atomic E-state index is -3.73. The fourth-order valence-corrected chi connectivity index (χ4v) is 2.82. The first-order chi connectivity index (χ1) is 8.88. The van der Waals surface area contributed by atoms with E-state index in [1.54, 1.807) is 12.1 Å². The summed E-state index contributed by atoms with van der Waals surface area (Å²) < 4.78 is 27.3. The van der Waals surface area contributed by atoms with E-state index in [4.69, 9.17) is 17.3 Å². The number of nitrogens with zero attached hydrogens (tertiary/aromatic N) is 1. The number of pyridine rings is 1. The summed E-state index contributed by atoms with van der Waals surface area (Å²) in [6.45, 7) is 0. The number of sulfonamides is 1. The summed E-state index contributed by atoms with van der Waals surface area (Å²) in [5.74, 6) is 0.219. The standard InChI is InChI=1S/C11H9BrClN3O2S/c12-7-1-4-11(15-6-7)16-19(17,18)8-2-3-10(14)9(13)5-8/h1-6H,14H2,(H,15,16). The van der Waals surface area contributed by atoms with Gasteiger partial charge < -0.3 is 5.73 Å².